The van der Waals surface area contributed by atoms with Crippen molar-refractivity contribution < 1.29 is 33.7 Å². The Labute approximate surface area is 186 Å². The van der Waals surface area contributed by atoms with E-state index in [1.165, 1.54) is 25.0 Å². The maximum Gasteiger partial charge on any atom is 0.330 e. The summed E-state index contributed by atoms with van der Waals surface area (Å²) in [4.78, 5) is 33.5. The molecular formula is C23H39NO7. The molecule has 0 aromatic carbocycles. The van der Waals surface area contributed by atoms with Gasteiger partial charge in [0.05, 0.1) is 26.4 Å². The molecule has 0 bridgehead atoms. The topological polar surface area (TPSA) is 102 Å². The summed E-state index contributed by atoms with van der Waals surface area (Å²) in [5.41, 5.74) is 0. The predicted molar refractivity (Wildman–Crippen MR) is 120 cm³/mol. The number of carbonyl (C=O) groups excluding carboxylic acids is 3. The molecule has 0 aromatic rings. The Morgan fingerprint density at radius 1 is 1.03 bits per heavy atom. The Morgan fingerprint density at radius 2 is 1.61 bits per heavy atom. The highest BCUT2D eigenvalue weighted by Crippen LogP contribution is 2.12. The fourth-order valence-electron chi connectivity index (χ4n) is 2.28. The minimum Gasteiger partial charge on any atom is -0.462 e. The van der Waals surface area contributed by atoms with E-state index in [0.717, 1.165) is 18.9 Å². The molecule has 178 valence electrons. The number of aliphatic hydroxyl groups is 1. The van der Waals surface area contributed by atoms with Gasteiger partial charge in [0.1, 0.15) is 6.61 Å². The van der Waals surface area contributed by atoms with Gasteiger partial charge in [-0.05, 0) is 18.4 Å². The zero-order valence-electron chi connectivity index (χ0n) is 19.1. The number of hydrogen-bond acceptors (Lipinski definition) is 7. The summed E-state index contributed by atoms with van der Waals surface area (Å²) < 4.78 is 14.4. The molecule has 1 N–H and O–H groups in total. The van der Waals surface area contributed by atoms with E-state index in [4.69, 9.17) is 14.6 Å². The number of hydrogen-bond donors (Lipinski definition) is 1. The molecule has 0 aromatic heterocycles. The molecule has 31 heavy (non-hydrogen) atoms. The van der Waals surface area contributed by atoms with E-state index < -0.39 is 5.97 Å². The molecule has 8 heteroatoms. The maximum absolute atomic E-state index is 10.9. The smallest absolute Gasteiger partial charge is 0.330 e. The molecule has 0 spiro atoms. The van der Waals surface area contributed by atoms with Crippen LogP contribution in [0, 0.1) is 5.92 Å². The van der Waals surface area contributed by atoms with Crippen LogP contribution >= 0.6 is 0 Å². The molecule has 1 heterocycles. The van der Waals surface area contributed by atoms with Crippen molar-refractivity contribution in [2.24, 2.45) is 5.92 Å². The van der Waals surface area contributed by atoms with Crippen LogP contribution < -0.4 is 0 Å². The molecule has 0 aliphatic carbocycles. The first kappa shape index (κ1) is 30.7. The lowest BCUT2D eigenvalue weighted by atomic mass is 10.0. The standard InChI is InChI=1S/C11H20O2.C7H11NO2.C5H8O3/c1-4-7-8-10(5-2)9-13-11(12)6-3;1-2-7(9)8-3-5-10-6-4-8;1-2-5(7)8-4-3-6/h6,10H,3-5,7-9H2,1-2H3;2H,1,3-6H2;2,6H,1,3-4H2. The molecule has 1 fully saturated rings. The first-order chi connectivity index (χ1) is 14.9. The zero-order valence-corrected chi connectivity index (χ0v) is 19.1. The molecule has 1 unspecified atom stereocenters. The largest absolute Gasteiger partial charge is 0.462 e. The maximum atomic E-state index is 10.9. The summed E-state index contributed by atoms with van der Waals surface area (Å²) >= 11 is 0. The van der Waals surface area contributed by atoms with Gasteiger partial charge in [-0.2, -0.15) is 0 Å². The third kappa shape index (κ3) is 19.3. The van der Waals surface area contributed by atoms with Gasteiger partial charge in [0.25, 0.3) is 0 Å². The first-order valence-electron chi connectivity index (χ1n) is 10.6. The van der Waals surface area contributed by atoms with Gasteiger partial charge in [-0.15, -0.1) is 0 Å². The second kappa shape index (κ2) is 22.2. The summed E-state index contributed by atoms with van der Waals surface area (Å²) in [6, 6.07) is 0. The van der Waals surface area contributed by atoms with Crippen molar-refractivity contribution in [2.75, 3.05) is 46.1 Å². The van der Waals surface area contributed by atoms with Gasteiger partial charge < -0.3 is 24.2 Å². The Balaban J connectivity index is 0. The van der Waals surface area contributed by atoms with Crippen LogP contribution in [0.4, 0.5) is 0 Å². The van der Waals surface area contributed by atoms with E-state index in [1.54, 1.807) is 4.90 Å². The lowest BCUT2D eigenvalue weighted by Crippen LogP contribution is -2.39. The molecule has 0 saturated carbocycles. The van der Waals surface area contributed by atoms with Crippen LogP contribution in [0.5, 0.6) is 0 Å². The number of rotatable bonds is 11. The number of ether oxygens (including phenoxy) is 3. The van der Waals surface area contributed by atoms with E-state index in [0.29, 0.717) is 38.8 Å². The average Bonchev–Trinajstić information content (AvgIpc) is 2.83. The fourth-order valence-corrected chi connectivity index (χ4v) is 2.28. The van der Waals surface area contributed by atoms with Gasteiger partial charge in [-0.3, -0.25) is 4.79 Å². The second-order valence-corrected chi connectivity index (χ2v) is 6.49. The van der Waals surface area contributed by atoms with Gasteiger partial charge in [-0.25, -0.2) is 9.59 Å². The Bertz CT molecular complexity index is 528. The number of morpholine rings is 1. The highest BCUT2D eigenvalue weighted by molar-refractivity contribution is 5.87. The Morgan fingerprint density at radius 3 is 2.06 bits per heavy atom. The van der Waals surface area contributed by atoms with Crippen LogP contribution in [0.25, 0.3) is 0 Å². The lowest BCUT2D eigenvalue weighted by molar-refractivity contribution is -0.139. The Hall–Kier alpha value is -2.45. The third-order valence-corrected chi connectivity index (χ3v) is 4.17. The lowest BCUT2D eigenvalue weighted by Gasteiger charge is -2.25. The summed E-state index contributed by atoms with van der Waals surface area (Å²) in [5, 5.41) is 8.10. The summed E-state index contributed by atoms with van der Waals surface area (Å²) in [7, 11) is 0. The fraction of sp³-hybridized carbons (Fsp3) is 0.609. The van der Waals surface area contributed by atoms with E-state index in [1.807, 2.05) is 0 Å². The number of amides is 1. The molecule has 0 radical (unpaired) electrons. The number of nitrogens with zero attached hydrogens (tertiary/aromatic N) is 1. The Kier molecular flexibility index (Phi) is 22.1. The van der Waals surface area contributed by atoms with E-state index in [9.17, 15) is 14.4 Å². The van der Waals surface area contributed by atoms with Gasteiger partial charge in [0.2, 0.25) is 5.91 Å². The summed E-state index contributed by atoms with van der Waals surface area (Å²) in [5.74, 6) is -0.291. The van der Waals surface area contributed by atoms with Crippen molar-refractivity contribution in [3.05, 3.63) is 38.0 Å². The van der Waals surface area contributed by atoms with Crippen LogP contribution in [0.1, 0.15) is 39.5 Å². The number of aliphatic hydroxyl groups excluding tert-OH is 1. The van der Waals surface area contributed by atoms with Gasteiger partial charge in [0, 0.05) is 25.2 Å². The monoisotopic (exact) mass is 441 g/mol. The first-order valence-corrected chi connectivity index (χ1v) is 10.6. The van der Waals surface area contributed by atoms with Gasteiger partial charge in [-0.1, -0.05) is 52.8 Å². The van der Waals surface area contributed by atoms with E-state index in [-0.39, 0.29) is 25.1 Å². The number of unbranched alkanes of at least 4 members (excludes halogenated alkanes) is 1. The number of esters is 2. The normalized spacial score (nSPS) is 13.2. The zero-order chi connectivity index (χ0) is 23.9. The summed E-state index contributed by atoms with van der Waals surface area (Å²) in [6.45, 7) is 17.4. The van der Waals surface area contributed by atoms with Crippen LogP contribution in [0.2, 0.25) is 0 Å². The third-order valence-electron chi connectivity index (χ3n) is 4.17. The van der Waals surface area contributed by atoms with Crippen molar-refractivity contribution in [3.63, 3.8) is 0 Å². The summed E-state index contributed by atoms with van der Waals surface area (Å²) in [6.07, 6.45) is 8.24. The molecule has 1 atom stereocenters. The average molecular weight is 442 g/mol. The van der Waals surface area contributed by atoms with Crippen molar-refractivity contribution in [1.82, 2.24) is 4.90 Å². The predicted octanol–water partition coefficient (Wildman–Crippen LogP) is 2.67. The molecule has 1 amide bonds. The molecular weight excluding hydrogens is 402 g/mol. The van der Waals surface area contributed by atoms with Gasteiger partial charge >= 0.3 is 11.9 Å². The minimum absolute atomic E-state index is 0.00306. The van der Waals surface area contributed by atoms with Crippen LogP contribution in [0.3, 0.4) is 0 Å². The molecule has 8 nitrogen and oxygen atoms in total. The molecule has 1 rings (SSSR count). The van der Waals surface area contributed by atoms with Crippen molar-refractivity contribution >= 4 is 17.8 Å². The number of carbonyl (C=O) groups is 3. The SMILES string of the molecule is C=CC(=O)N1CCOCC1.C=CC(=O)OCC(CC)CCCC.C=CC(=O)OCCO. The van der Waals surface area contributed by atoms with Crippen LogP contribution in [-0.4, -0.2) is 74.0 Å². The van der Waals surface area contributed by atoms with Crippen molar-refractivity contribution in [1.29, 1.82) is 0 Å². The van der Waals surface area contributed by atoms with E-state index >= 15 is 0 Å². The van der Waals surface area contributed by atoms with E-state index in [2.05, 4.69) is 38.3 Å². The van der Waals surface area contributed by atoms with Crippen molar-refractivity contribution in [3.8, 4) is 0 Å². The highest BCUT2D eigenvalue weighted by atomic mass is 16.5. The van der Waals surface area contributed by atoms with Crippen LogP contribution in [0.15, 0.2) is 38.0 Å². The van der Waals surface area contributed by atoms with Gasteiger partial charge in [0.15, 0.2) is 0 Å². The van der Waals surface area contributed by atoms with Crippen LogP contribution in [-0.2, 0) is 28.6 Å². The molecule has 1 aliphatic rings. The molecule has 1 saturated heterocycles. The second-order valence-electron chi connectivity index (χ2n) is 6.49. The molecule has 1 aliphatic heterocycles. The quantitative estimate of drug-likeness (QED) is 0.388. The van der Waals surface area contributed by atoms with Crippen molar-refractivity contribution in [2.45, 2.75) is 39.5 Å². The minimum atomic E-state index is -0.501. The highest BCUT2D eigenvalue weighted by Gasteiger charge is 2.12.